The maximum absolute atomic E-state index is 12.4. The number of rotatable bonds is 11. The van der Waals surface area contributed by atoms with E-state index >= 15 is 0 Å². The number of primary amides is 1. The number of sulfonamides is 1. The number of halogens is 1. The van der Waals surface area contributed by atoms with Crippen LogP contribution in [0.1, 0.15) is 36.0 Å². The highest BCUT2D eigenvalue weighted by atomic mass is 35.5. The number of benzene rings is 2. The number of aromatic nitrogens is 1. The highest BCUT2D eigenvalue weighted by Crippen LogP contribution is 2.24. The number of hydrogen-bond acceptors (Lipinski definition) is 4. The lowest BCUT2D eigenvalue weighted by Crippen LogP contribution is -2.25. The van der Waals surface area contributed by atoms with Crippen LogP contribution in [0.15, 0.2) is 84.0 Å². The van der Waals surface area contributed by atoms with Gasteiger partial charge >= 0.3 is 0 Å². The summed E-state index contributed by atoms with van der Waals surface area (Å²) in [5.74, 6) is -0.303. The molecule has 2 aromatic carbocycles. The maximum Gasteiger partial charge on any atom is 0.240 e. The monoisotopic (exact) mass is 483 g/mol. The number of hydrogen-bond donors (Lipinski definition) is 2. The molecule has 0 aliphatic rings. The molecule has 3 rings (SSSR count). The van der Waals surface area contributed by atoms with E-state index in [0.29, 0.717) is 24.3 Å². The molecule has 0 aliphatic carbocycles. The number of unbranched alkanes of at least 4 members (excludes halogenated alkanes) is 1. The second-order valence-corrected chi connectivity index (χ2v) is 9.72. The minimum absolute atomic E-state index is 0.185. The lowest BCUT2D eigenvalue weighted by molar-refractivity contribution is -0.118. The summed E-state index contributed by atoms with van der Waals surface area (Å²) in [5, 5.41) is 0.488. The van der Waals surface area contributed by atoms with Gasteiger partial charge in [0.05, 0.1) is 4.90 Å². The summed E-state index contributed by atoms with van der Waals surface area (Å²) in [4.78, 5) is 15.4. The highest BCUT2D eigenvalue weighted by Gasteiger charge is 2.13. The Morgan fingerprint density at radius 1 is 1.03 bits per heavy atom. The molecule has 6 nitrogen and oxygen atoms in total. The van der Waals surface area contributed by atoms with E-state index in [0.717, 1.165) is 28.7 Å². The molecule has 0 saturated carbocycles. The second kappa shape index (κ2) is 11.7. The molecule has 0 atom stereocenters. The molecule has 0 bridgehead atoms. The highest BCUT2D eigenvalue weighted by molar-refractivity contribution is 7.89. The topological polar surface area (TPSA) is 102 Å². The van der Waals surface area contributed by atoms with Crippen molar-refractivity contribution in [2.75, 3.05) is 6.54 Å². The molecule has 3 N–H and O–H groups in total. The Balaban J connectivity index is 1.65. The average molecular weight is 484 g/mol. The largest absolute Gasteiger partial charge is 0.370 e. The summed E-state index contributed by atoms with van der Waals surface area (Å²) in [6, 6.07) is 17.9. The van der Waals surface area contributed by atoms with E-state index in [-0.39, 0.29) is 17.3 Å². The lowest BCUT2D eigenvalue weighted by atomic mass is 9.96. The van der Waals surface area contributed by atoms with Crippen molar-refractivity contribution in [1.82, 2.24) is 9.71 Å². The molecule has 1 aromatic heterocycles. The first kappa shape index (κ1) is 24.6. The van der Waals surface area contributed by atoms with Crippen molar-refractivity contribution in [1.29, 1.82) is 0 Å². The summed E-state index contributed by atoms with van der Waals surface area (Å²) < 4.78 is 27.4. The van der Waals surface area contributed by atoms with E-state index < -0.39 is 10.0 Å². The van der Waals surface area contributed by atoms with E-state index in [1.165, 1.54) is 12.1 Å². The first-order valence-electron chi connectivity index (χ1n) is 10.6. The van der Waals surface area contributed by atoms with E-state index in [2.05, 4.69) is 15.8 Å². The van der Waals surface area contributed by atoms with Crippen LogP contribution in [0.2, 0.25) is 5.02 Å². The Labute approximate surface area is 199 Å². The number of amides is 1. The zero-order chi connectivity index (χ0) is 23.7. The smallest absolute Gasteiger partial charge is 0.240 e. The Morgan fingerprint density at radius 3 is 2.39 bits per heavy atom. The van der Waals surface area contributed by atoms with Crippen molar-refractivity contribution in [3.05, 3.63) is 101 Å². The van der Waals surface area contributed by atoms with Crippen LogP contribution in [-0.4, -0.2) is 25.9 Å². The van der Waals surface area contributed by atoms with Crippen LogP contribution in [0, 0.1) is 0 Å². The van der Waals surface area contributed by atoms with Gasteiger partial charge in [0.25, 0.3) is 0 Å². The molecule has 0 fully saturated rings. The molecule has 1 amide bonds. The van der Waals surface area contributed by atoms with Crippen LogP contribution in [-0.2, 0) is 21.2 Å². The van der Waals surface area contributed by atoms with Crippen molar-refractivity contribution >= 4 is 33.1 Å². The van der Waals surface area contributed by atoms with Gasteiger partial charge < -0.3 is 5.73 Å². The zero-order valence-electron chi connectivity index (χ0n) is 18.1. The molecular formula is C25H26ClN3O3S. The van der Waals surface area contributed by atoms with Crippen molar-refractivity contribution in [3.8, 4) is 0 Å². The number of pyridine rings is 1. The minimum atomic E-state index is -3.58. The van der Waals surface area contributed by atoms with Gasteiger partial charge in [-0.05, 0) is 66.3 Å². The molecular weight excluding hydrogens is 458 g/mol. The fraction of sp³-hybridized carbons (Fsp3) is 0.200. The van der Waals surface area contributed by atoms with Gasteiger partial charge in [0.15, 0.2) is 0 Å². The zero-order valence-corrected chi connectivity index (χ0v) is 19.6. The minimum Gasteiger partial charge on any atom is -0.370 e. The van der Waals surface area contributed by atoms with Crippen LogP contribution >= 0.6 is 11.6 Å². The van der Waals surface area contributed by atoms with Gasteiger partial charge in [0.2, 0.25) is 15.9 Å². The Bertz CT molecular complexity index is 1190. The Hall–Kier alpha value is -3.00. The molecule has 0 radical (unpaired) electrons. The van der Waals surface area contributed by atoms with Gasteiger partial charge in [-0.15, -0.1) is 0 Å². The average Bonchev–Trinajstić information content (AvgIpc) is 2.80. The predicted octanol–water partition coefficient (Wildman–Crippen LogP) is 4.34. The quantitative estimate of drug-likeness (QED) is 0.396. The fourth-order valence-corrected chi connectivity index (χ4v) is 4.48. The predicted molar refractivity (Wildman–Crippen MR) is 131 cm³/mol. The molecule has 3 aromatic rings. The van der Waals surface area contributed by atoms with E-state index in [1.807, 2.05) is 36.4 Å². The molecule has 0 saturated heterocycles. The van der Waals surface area contributed by atoms with E-state index in [9.17, 15) is 13.2 Å². The van der Waals surface area contributed by atoms with Crippen molar-refractivity contribution in [3.63, 3.8) is 0 Å². The van der Waals surface area contributed by atoms with Crippen LogP contribution in [0.4, 0.5) is 0 Å². The number of allylic oxidation sites excluding steroid dienone is 1. The molecule has 1 heterocycles. The van der Waals surface area contributed by atoms with Crippen LogP contribution < -0.4 is 10.5 Å². The summed E-state index contributed by atoms with van der Waals surface area (Å²) in [7, 11) is -3.58. The van der Waals surface area contributed by atoms with Crippen molar-refractivity contribution in [2.45, 2.75) is 30.6 Å². The third kappa shape index (κ3) is 7.53. The number of nitrogens with zero attached hydrogens (tertiary/aromatic N) is 1. The lowest BCUT2D eigenvalue weighted by Gasteiger charge is -2.10. The fourth-order valence-electron chi connectivity index (χ4n) is 3.32. The maximum atomic E-state index is 12.4. The van der Waals surface area contributed by atoms with Gasteiger partial charge in [0, 0.05) is 35.9 Å². The summed E-state index contributed by atoms with van der Waals surface area (Å²) in [5.41, 5.74) is 9.28. The normalized spacial score (nSPS) is 12.0. The van der Waals surface area contributed by atoms with Crippen molar-refractivity contribution in [2.24, 2.45) is 5.73 Å². The second-order valence-electron chi connectivity index (χ2n) is 7.52. The van der Waals surface area contributed by atoms with Gasteiger partial charge in [-0.2, -0.15) is 0 Å². The SMILES string of the molecule is NC(=O)CCC/C=C(\c1ccc(CCNS(=O)(=O)c2ccc(Cl)cc2)cc1)c1cccnc1. The summed E-state index contributed by atoms with van der Waals surface area (Å²) >= 11 is 5.83. The summed E-state index contributed by atoms with van der Waals surface area (Å²) in [6.45, 7) is 0.280. The van der Waals surface area contributed by atoms with E-state index in [4.69, 9.17) is 17.3 Å². The molecule has 0 spiro atoms. The number of carbonyl (C=O) groups is 1. The molecule has 0 unspecified atom stereocenters. The van der Waals surface area contributed by atoms with Gasteiger partial charge in [-0.25, -0.2) is 13.1 Å². The third-order valence-electron chi connectivity index (χ3n) is 5.04. The summed E-state index contributed by atoms with van der Waals surface area (Å²) in [6.07, 6.45) is 7.93. The van der Waals surface area contributed by atoms with Gasteiger partial charge in [-0.3, -0.25) is 9.78 Å². The Kier molecular flexibility index (Phi) is 8.77. The van der Waals surface area contributed by atoms with E-state index in [1.54, 1.807) is 24.5 Å². The van der Waals surface area contributed by atoms with Gasteiger partial charge in [0.1, 0.15) is 0 Å². The van der Waals surface area contributed by atoms with Crippen molar-refractivity contribution < 1.29 is 13.2 Å². The molecule has 8 heteroatoms. The first-order valence-corrected chi connectivity index (χ1v) is 12.4. The van der Waals surface area contributed by atoms with Crippen LogP contribution in [0.25, 0.3) is 5.57 Å². The van der Waals surface area contributed by atoms with Crippen LogP contribution in [0.5, 0.6) is 0 Å². The molecule has 0 aliphatic heterocycles. The standard InChI is InChI=1S/C25H26ClN3O3S/c26-22-11-13-23(14-12-22)33(31,32)29-17-15-19-7-9-20(10-8-19)24(5-1-2-6-25(27)30)21-4-3-16-28-18-21/h3-5,7-14,16,18,29H,1-2,6,15,17H2,(H2,27,30)/b24-5+. The number of nitrogens with two attached hydrogens (primary N) is 1. The Morgan fingerprint density at radius 2 is 1.76 bits per heavy atom. The van der Waals surface area contributed by atoms with Gasteiger partial charge in [-0.1, -0.05) is 48.0 Å². The number of carbonyl (C=O) groups excluding carboxylic acids is 1. The van der Waals surface area contributed by atoms with Crippen LogP contribution in [0.3, 0.4) is 0 Å². The third-order valence-corrected chi connectivity index (χ3v) is 6.77. The molecule has 172 valence electrons. The first-order chi connectivity index (χ1) is 15.8. The molecule has 33 heavy (non-hydrogen) atoms. The number of nitrogens with one attached hydrogen (secondary N) is 1.